The van der Waals surface area contributed by atoms with Crippen LogP contribution in [0.5, 0.6) is 0 Å². The highest BCUT2D eigenvalue weighted by atomic mass is 32.2. The van der Waals surface area contributed by atoms with E-state index in [1.165, 1.54) is 17.8 Å². The number of hydrogen-bond acceptors (Lipinski definition) is 3. The summed E-state index contributed by atoms with van der Waals surface area (Å²) in [6.45, 7) is 0.224. The number of thioether (sulfide) groups is 1. The first kappa shape index (κ1) is 14.1. The maximum absolute atomic E-state index is 13.5. The lowest BCUT2D eigenvalue weighted by Gasteiger charge is -2.12. The molecule has 1 atom stereocenters. The SMILES string of the molecule is CSc1ccc(NC(=O)NC[C@@H](O)C2CC2)cc1F. The molecule has 0 bridgehead atoms. The van der Waals surface area contributed by atoms with Crippen molar-refractivity contribution in [2.75, 3.05) is 18.1 Å². The van der Waals surface area contributed by atoms with Crippen LogP contribution in [-0.4, -0.2) is 30.0 Å². The lowest BCUT2D eigenvalue weighted by Crippen LogP contribution is -2.36. The minimum absolute atomic E-state index is 0.224. The van der Waals surface area contributed by atoms with Crippen LogP contribution in [0.1, 0.15) is 12.8 Å². The predicted molar refractivity (Wildman–Crippen MR) is 73.9 cm³/mol. The van der Waals surface area contributed by atoms with Crippen molar-refractivity contribution in [3.05, 3.63) is 24.0 Å². The van der Waals surface area contributed by atoms with Crippen LogP contribution in [-0.2, 0) is 0 Å². The summed E-state index contributed by atoms with van der Waals surface area (Å²) in [6, 6.07) is 4.11. The van der Waals surface area contributed by atoms with Gasteiger partial charge in [-0.1, -0.05) is 0 Å². The second-order valence-electron chi connectivity index (χ2n) is 4.59. The Labute approximate surface area is 115 Å². The number of anilines is 1. The third-order valence-corrected chi connectivity index (χ3v) is 3.82. The average molecular weight is 284 g/mol. The van der Waals surface area contributed by atoms with E-state index in [1.54, 1.807) is 18.4 Å². The van der Waals surface area contributed by atoms with Gasteiger partial charge in [-0.05, 0) is 43.2 Å². The molecule has 1 aromatic rings. The molecule has 3 N–H and O–H groups in total. The maximum atomic E-state index is 13.5. The highest BCUT2D eigenvalue weighted by Gasteiger charge is 2.29. The van der Waals surface area contributed by atoms with Crippen molar-refractivity contribution in [1.29, 1.82) is 0 Å². The molecular formula is C13H17FN2O2S. The lowest BCUT2D eigenvalue weighted by molar-refractivity contribution is 0.150. The molecule has 2 rings (SSSR count). The van der Waals surface area contributed by atoms with Crippen LogP contribution < -0.4 is 10.6 Å². The number of rotatable bonds is 5. The van der Waals surface area contributed by atoms with E-state index in [9.17, 15) is 14.3 Å². The van der Waals surface area contributed by atoms with Gasteiger partial charge in [-0.2, -0.15) is 0 Å². The van der Waals surface area contributed by atoms with E-state index in [1.807, 2.05) is 0 Å². The van der Waals surface area contributed by atoms with E-state index in [0.717, 1.165) is 12.8 Å². The van der Waals surface area contributed by atoms with Gasteiger partial charge in [-0.3, -0.25) is 0 Å². The number of carbonyl (C=O) groups is 1. The van der Waals surface area contributed by atoms with Crippen LogP contribution in [0.3, 0.4) is 0 Å². The summed E-state index contributed by atoms with van der Waals surface area (Å²) in [5.41, 5.74) is 0.397. The fraction of sp³-hybridized carbons (Fsp3) is 0.462. The zero-order valence-corrected chi connectivity index (χ0v) is 11.5. The standard InChI is InChI=1S/C13H17FN2O2S/c1-19-12-5-4-9(6-10(12)14)16-13(18)15-7-11(17)8-2-3-8/h4-6,8,11,17H,2-3,7H2,1H3,(H2,15,16,18)/t11-/m1/s1. The summed E-state index contributed by atoms with van der Waals surface area (Å²) in [6.07, 6.45) is 3.34. The number of benzene rings is 1. The van der Waals surface area contributed by atoms with Crippen molar-refractivity contribution in [2.45, 2.75) is 23.8 Å². The number of amides is 2. The minimum Gasteiger partial charge on any atom is -0.391 e. The molecule has 0 saturated heterocycles. The van der Waals surface area contributed by atoms with E-state index in [4.69, 9.17) is 0 Å². The van der Waals surface area contributed by atoms with Gasteiger partial charge in [0.05, 0.1) is 6.10 Å². The Morgan fingerprint density at radius 1 is 1.58 bits per heavy atom. The summed E-state index contributed by atoms with van der Waals surface area (Å²) in [5.74, 6) is -0.0399. The molecule has 2 amide bonds. The first-order chi connectivity index (χ1) is 9.10. The second kappa shape index (κ2) is 6.25. The Bertz CT molecular complexity index is 466. The van der Waals surface area contributed by atoms with E-state index >= 15 is 0 Å². The number of hydrogen-bond donors (Lipinski definition) is 3. The Balaban J connectivity index is 1.82. The van der Waals surface area contributed by atoms with Gasteiger partial charge in [0.2, 0.25) is 0 Å². The van der Waals surface area contributed by atoms with Gasteiger partial charge in [0.1, 0.15) is 5.82 Å². The normalized spacial score (nSPS) is 15.9. The summed E-state index contributed by atoms with van der Waals surface area (Å²) in [5, 5.41) is 14.7. The molecule has 4 nitrogen and oxygen atoms in total. The van der Waals surface area contributed by atoms with E-state index < -0.39 is 12.1 Å². The second-order valence-corrected chi connectivity index (χ2v) is 5.44. The largest absolute Gasteiger partial charge is 0.391 e. The Morgan fingerprint density at radius 3 is 2.89 bits per heavy atom. The van der Waals surface area contributed by atoms with E-state index in [-0.39, 0.29) is 12.4 Å². The smallest absolute Gasteiger partial charge is 0.319 e. The minimum atomic E-state index is -0.485. The van der Waals surface area contributed by atoms with Crippen molar-refractivity contribution in [1.82, 2.24) is 5.32 Å². The van der Waals surface area contributed by atoms with E-state index in [2.05, 4.69) is 10.6 Å². The van der Waals surface area contributed by atoms with Gasteiger partial charge >= 0.3 is 6.03 Å². The molecule has 0 spiro atoms. The Morgan fingerprint density at radius 2 is 2.32 bits per heavy atom. The van der Waals surface area contributed by atoms with Gasteiger partial charge in [0.25, 0.3) is 0 Å². The van der Waals surface area contributed by atoms with Crippen molar-refractivity contribution in [2.24, 2.45) is 5.92 Å². The molecule has 0 radical (unpaired) electrons. The van der Waals surface area contributed by atoms with Crippen LogP contribution in [0.15, 0.2) is 23.1 Å². The number of urea groups is 1. The van der Waals surface area contributed by atoms with Gasteiger partial charge in [-0.15, -0.1) is 11.8 Å². The molecule has 0 aromatic heterocycles. The highest BCUT2D eigenvalue weighted by molar-refractivity contribution is 7.98. The highest BCUT2D eigenvalue weighted by Crippen LogP contribution is 2.32. The van der Waals surface area contributed by atoms with Crippen molar-refractivity contribution in [3.8, 4) is 0 Å². The summed E-state index contributed by atoms with van der Waals surface area (Å²) in [7, 11) is 0. The zero-order valence-electron chi connectivity index (χ0n) is 10.6. The molecular weight excluding hydrogens is 267 g/mol. The molecule has 6 heteroatoms. The van der Waals surface area contributed by atoms with E-state index in [0.29, 0.717) is 16.5 Å². The van der Waals surface area contributed by atoms with Crippen LogP contribution in [0.4, 0.5) is 14.9 Å². The van der Waals surface area contributed by atoms with Crippen LogP contribution >= 0.6 is 11.8 Å². The maximum Gasteiger partial charge on any atom is 0.319 e. The van der Waals surface area contributed by atoms with Crippen LogP contribution in [0, 0.1) is 11.7 Å². The predicted octanol–water partition coefficient (Wildman–Crippen LogP) is 2.44. The number of nitrogens with one attached hydrogen (secondary N) is 2. The molecule has 1 aromatic carbocycles. The fourth-order valence-electron chi connectivity index (χ4n) is 1.76. The quantitative estimate of drug-likeness (QED) is 0.728. The summed E-state index contributed by atoms with van der Waals surface area (Å²) >= 11 is 1.31. The van der Waals surface area contributed by atoms with Gasteiger partial charge in [0, 0.05) is 17.1 Å². The topological polar surface area (TPSA) is 61.4 Å². The Hall–Kier alpha value is -1.27. The first-order valence-electron chi connectivity index (χ1n) is 6.16. The van der Waals surface area contributed by atoms with Crippen LogP contribution in [0.2, 0.25) is 0 Å². The van der Waals surface area contributed by atoms with Crippen LogP contribution in [0.25, 0.3) is 0 Å². The zero-order chi connectivity index (χ0) is 13.8. The number of aliphatic hydroxyl groups is 1. The van der Waals surface area contributed by atoms with Crippen molar-refractivity contribution >= 4 is 23.5 Å². The molecule has 1 aliphatic carbocycles. The number of aliphatic hydroxyl groups excluding tert-OH is 1. The molecule has 1 saturated carbocycles. The van der Waals surface area contributed by atoms with Gasteiger partial charge in [-0.25, -0.2) is 9.18 Å². The number of halogens is 1. The third-order valence-electron chi connectivity index (χ3n) is 3.05. The molecule has 1 aliphatic rings. The monoisotopic (exact) mass is 284 g/mol. The fourth-order valence-corrected chi connectivity index (χ4v) is 2.22. The third kappa shape index (κ3) is 4.11. The van der Waals surface area contributed by atoms with Crippen molar-refractivity contribution < 1.29 is 14.3 Å². The summed E-state index contributed by atoms with van der Waals surface area (Å²) < 4.78 is 13.5. The molecule has 0 heterocycles. The molecule has 104 valence electrons. The van der Waals surface area contributed by atoms with Gasteiger partial charge in [0.15, 0.2) is 0 Å². The summed E-state index contributed by atoms with van der Waals surface area (Å²) in [4.78, 5) is 12.1. The Kier molecular flexibility index (Phi) is 4.66. The molecule has 0 unspecified atom stereocenters. The first-order valence-corrected chi connectivity index (χ1v) is 7.39. The average Bonchev–Trinajstić information content (AvgIpc) is 3.20. The number of carbonyl (C=O) groups excluding carboxylic acids is 1. The van der Waals surface area contributed by atoms with Gasteiger partial charge < -0.3 is 15.7 Å². The molecule has 1 fully saturated rings. The lowest BCUT2D eigenvalue weighted by atomic mass is 10.2. The van der Waals surface area contributed by atoms with Crippen molar-refractivity contribution in [3.63, 3.8) is 0 Å². The molecule has 0 aliphatic heterocycles. The molecule has 19 heavy (non-hydrogen) atoms.